The van der Waals surface area contributed by atoms with Crippen molar-refractivity contribution >= 4 is 47.4 Å². The Bertz CT molecular complexity index is 883. The number of halogens is 1. The number of carbonyl (C=O) groups is 1. The third-order valence-corrected chi connectivity index (χ3v) is 5.13. The van der Waals surface area contributed by atoms with Crippen molar-refractivity contribution in [3.8, 4) is 5.75 Å². The summed E-state index contributed by atoms with van der Waals surface area (Å²) in [7, 11) is 3.04. The molecule has 1 aliphatic rings. The fourth-order valence-electron chi connectivity index (χ4n) is 3.44. The molecule has 8 nitrogen and oxygen atoms in total. The molecule has 0 aromatic heterocycles. The molecule has 0 spiro atoms. The number of guanidine groups is 1. The molecule has 1 amide bonds. The molecule has 1 saturated heterocycles. The van der Waals surface area contributed by atoms with Crippen molar-refractivity contribution in [3.63, 3.8) is 0 Å². The SMILES string of the molecule is CCNC(=NCc1ccc(NC(=O)OC)cc1)N1CCN(c2cccc(OC)c2)CC1.I. The first-order valence-corrected chi connectivity index (χ1v) is 10.5. The van der Waals surface area contributed by atoms with E-state index >= 15 is 0 Å². The summed E-state index contributed by atoms with van der Waals surface area (Å²) in [6.45, 7) is 7.09. The summed E-state index contributed by atoms with van der Waals surface area (Å²) >= 11 is 0. The highest BCUT2D eigenvalue weighted by Gasteiger charge is 2.20. The number of anilines is 2. The zero-order valence-electron chi connectivity index (χ0n) is 18.8. The van der Waals surface area contributed by atoms with E-state index in [9.17, 15) is 4.79 Å². The Labute approximate surface area is 207 Å². The number of amides is 1. The van der Waals surface area contributed by atoms with E-state index in [4.69, 9.17) is 9.73 Å². The number of nitrogens with one attached hydrogen (secondary N) is 2. The lowest BCUT2D eigenvalue weighted by Crippen LogP contribution is -2.52. The van der Waals surface area contributed by atoms with Crippen molar-refractivity contribution in [2.45, 2.75) is 13.5 Å². The minimum absolute atomic E-state index is 0. The van der Waals surface area contributed by atoms with Gasteiger partial charge in [0.2, 0.25) is 0 Å². The molecule has 1 fully saturated rings. The Hall–Kier alpha value is -2.69. The van der Waals surface area contributed by atoms with Crippen LogP contribution >= 0.6 is 24.0 Å². The summed E-state index contributed by atoms with van der Waals surface area (Å²) < 4.78 is 9.96. The maximum absolute atomic E-state index is 11.3. The fraction of sp³-hybridized carbons (Fsp3) is 0.391. The molecule has 1 heterocycles. The first kappa shape index (κ1) is 25.6. The maximum Gasteiger partial charge on any atom is 0.411 e. The molecule has 0 bridgehead atoms. The van der Waals surface area contributed by atoms with Crippen molar-refractivity contribution in [1.29, 1.82) is 0 Å². The van der Waals surface area contributed by atoms with Crippen LogP contribution in [-0.2, 0) is 11.3 Å². The molecular formula is C23H32IN5O3. The van der Waals surface area contributed by atoms with Gasteiger partial charge in [-0.15, -0.1) is 24.0 Å². The van der Waals surface area contributed by atoms with Crippen molar-refractivity contribution in [1.82, 2.24) is 10.2 Å². The molecule has 0 aliphatic carbocycles. The van der Waals surface area contributed by atoms with Gasteiger partial charge in [0.05, 0.1) is 20.8 Å². The van der Waals surface area contributed by atoms with Crippen molar-refractivity contribution < 1.29 is 14.3 Å². The molecule has 1 aliphatic heterocycles. The lowest BCUT2D eigenvalue weighted by Gasteiger charge is -2.37. The summed E-state index contributed by atoms with van der Waals surface area (Å²) in [5.41, 5.74) is 2.95. The lowest BCUT2D eigenvalue weighted by atomic mass is 10.2. The average molecular weight is 553 g/mol. The minimum atomic E-state index is -0.478. The van der Waals surface area contributed by atoms with Crippen molar-refractivity contribution in [2.24, 2.45) is 4.99 Å². The van der Waals surface area contributed by atoms with E-state index in [1.54, 1.807) is 7.11 Å². The van der Waals surface area contributed by atoms with Gasteiger partial charge in [0.1, 0.15) is 5.75 Å². The predicted octanol–water partition coefficient (Wildman–Crippen LogP) is 3.78. The number of carbonyl (C=O) groups excluding carboxylic acids is 1. The van der Waals surface area contributed by atoms with E-state index in [0.29, 0.717) is 12.2 Å². The molecule has 0 atom stereocenters. The zero-order valence-corrected chi connectivity index (χ0v) is 21.2. The number of hydrogen-bond acceptors (Lipinski definition) is 5. The van der Waals surface area contributed by atoms with E-state index in [2.05, 4.69) is 44.2 Å². The summed E-state index contributed by atoms with van der Waals surface area (Å²) in [5.74, 6) is 1.80. The van der Waals surface area contributed by atoms with E-state index < -0.39 is 6.09 Å². The number of ether oxygens (including phenoxy) is 2. The number of piperazine rings is 1. The number of aliphatic imine (C=N–C) groups is 1. The van der Waals surface area contributed by atoms with Gasteiger partial charge >= 0.3 is 6.09 Å². The average Bonchev–Trinajstić information content (AvgIpc) is 2.82. The van der Waals surface area contributed by atoms with E-state index in [-0.39, 0.29) is 24.0 Å². The number of hydrogen-bond donors (Lipinski definition) is 2. The normalized spacial score (nSPS) is 13.8. The largest absolute Gasteiger partial charge is 0.497 e. The van der Waals surface area contributed by atoms with Gasteiger partial charge in [-0.3, -0.25) is 5.32 Å². The van der Waals surface area contributed by atoms with Gasteiger partial charge in [-0.25, -0.2) is 9.79 Å². The first-order chi connectivity index (χ1) is 15.1. The molecule has 32 heavy (non-hydrogen) atoms. The number of benzene rings is 2. The Morgan fingerprint density at radius 2 is 1.78 bits per heavy atom. The van der Waals surface area contributed by atoms with Crippen LogP contribution in [0.3, 0.4) is 0 Å². The molecule has 0 saturated carbocycles. The lowest BCUT2D eigenvalue weighted by molar-refractivity contribution is 0.187. The zero-order chi connectivity index (χ0) is 22.1. The van der Waals surface area contributed by atoms with Gasteiger partial charge in [0.15, 0.2) is 5.96 Å². The van der Waals surface area contributed by atoms with Crippen LogP contribution in [0.25, 0.3) is 0 Å². The third kappa shape index (κ3) is 7.18. The quantitative estimate of drug-likeness (QED) is 0.322. The summed E-state index contributed by atoms with van der Waals surface area (Å²) in [6, 6.07) is 15.8. The standard InChI is InChI=1S/C23H31N5O3.HI/c1-4-24-22(25-17-18-8-10-19(11-9-18)26-23(29)31-3)28-14-12-27(13-15-28)20-6-5-7-21(16-20)30-2;/h5-11,16H,4,12-15,17H2,1-3H3,(H,24,25)(H,26,29);1H. The highest BCUT2D eigenvalue weighted by atomic mass is 127. The second kappa shape index (κ2) is 13.0. The minimum Gasteiger partial charge on any atom is -0.497 e. The van der Waals surface area contributed by atoms with E-state index in [1.165, 1.54) is 12.8 Å². The molecule has 9 heteroatoms. The van der Waals surface area contributed by atoms with Crippen LogP contribution in [0.15, 0.2) is 53.5 Å². The second-order valence-electron chi connectivity index (χ2n) is 7.16. The van der Waals surface area contributed by atoms with Crippen LogP contribution in [0.4, 0.5) is 16.2 Å². The van der Waals surface area contributed by atoms with Gasteiger partial charge in [-0.05, 0) is 36.8 Å². The Morgan fingerprint density at radius 1 is 1.06 bits per heavy atom. The Balaban J connectivity index is 0.00000363. The molecular weight excluding hydrogens is 521 g/mol. The van der Waals surface area contributed by atoms with Gasteiger partial charge in [0, 0.05) is 50.2 Å². The highest BCUT2D eigenvalue weighted by molar-refractivity contribution is 14.0. The number of nitrogens with zero attached hydrogens (tertiary/aromatic N) is 3. The monoisotopic (exact) mass is 553 g/mol. The molecule has 0 unspecified atom stereocenters. The summed E-state index contributed by atoms with van der Waals surface area (Å²) in [6.07, 6.45) is -0.478. The van der Waals surface area contributed by atoms with Crippen LogP contribution < -0.4 is 20.3 Å². The van der Waals surface area contributed by atoms with Gasteiger partial charge in [0.25, 0.3) is 0 Å². The molecule has 2 N–H and O–H groups in total. The van der Waals surface area contributed by atoms with Crippen molar-refractivity contribution in [2.75, 3.05) is 57.2 Å². The van der Waals surface area contributed by atoms with Crippen LogP contribution in [0.2, 0.25) is 0 Å². The molecule has 2 aromatic carbocycles. The number of rotatable bonds is 6. The molecule has 3 rings (SSSR count). The van der Waals surface area contributed by atoms with Gasteiger partial charge in [-0.1, -0.05) is 18.2 Å². The molecule has 0 radical (unpaired) electrons. The highest BCUT2D eigenvalue weighted by Crippen LogP contribution is 2.22. The van der Waals surface area contributed by atoms with E-state index in [1.807, 2.05) is 36.4 Å². The molecule has 174 valence electrons. The maximum atomic E-state index is 11.3. The van der Waals surface area contributed by atoms with Gasteiger partial charge in [-0.2, -0.15) is 0 Å². The van der Waals surface area contributed by atoms with Crippen LogP contribution in [0, 0.1) is 0 Å². The number of methoxy groups -OCH3 is 2. The summed E-state index contributed by atoms with van der Waals surface area (Å²) in [5, 5.41) is 6.05. The third-order valence-electron chi connectivity index (χ3n) is 5.13. The Morgan fingerprint density at radius 3 is 2.41 bits per heavy atom. The second-order valence-corrected chi connectivity index (χ2v) is 7.16. The van der Waals surface area contributed by atoms with Gasteiger partial charge < -0.3 is 24.6 Å². The summed E-state index contributed by atoms with van der Waals surface area (Å²) in [4.78, 5) is 20.8. The topological polar surface area (TPSA) is 78.4 Å². The molecule has 2 aromatic rings. The van der Waals surface area contributed by atoms with Crippen LogP contribution in [-0.4, -0.2) is 63.9 Å². The predicted molar refractivity (Wildman–Crippen MR) is 139 cm³/mol. The van der Waals surface area contributed by atoms with Crippen LogP contribution in [0.1, 0.15) is 12.5 Å². The first-order valence-electron chi connectivity index (χ1n) is 10.5. The smallest absolute Gasteiger partial charge is 0.411 e. The Kier molecular flexibility index (Phi) is 10.4. The fourth-order valence-corrected chi connectivity index (χ4v) is 3.44. The van der Waals surface area contributed by atoms with Crippen LogP contribution in [0.5, 0.6) is 5.75 Å². The van der Waals surface area contributed by atoms with Crippen molar-refractivity contribution in [3.05, 3.63) is 54.1 Å². The van der Waals surface area contributed by atoms with E-state index in [0.717, 1.165) is 50.0 Å².